The van der Waals surface area contributed by atoms with Crippen molar-refractivity contribution < 1.29 is 19.1 Å². The average Bonchev–Trinajstić information content (AvgIpc) is 2.84. The maximum Gasteiger partial charge on any atom is 0.260 e. The second-order valence-electron chi connectivity index (χ2n) is 7.81. The first-order chi connectivity index (χ1) is 15.7. The summed E-state index contributed by atoms with van der Waals surface area (Å²) in [6, 6.07) is 18.7. The van der Waals surface area contributed by atoms with Gasteiger partial charge in [0.15, 0.2) is 18.1 Å². The molecule has 4 rings (SSSR count). The van der Waals surface area contributed by atoms with Crippen LogP contribution in [0.25, 0.3) is 10.8 Å². The minimum absolute atomic E-state index is 0.0232. The molecule has 1 aliphatic rings. The van der Waals surface area contributed by atoms with Crippen LogP contribution in [-0.2, 0) is 4.79 Å². The minimum atomic E-state index is -0.238. The van der Waals surface area contributed by atoms with Gasteiger partial charge < -0.3 is 19.7 Å². The van der Waals surface area contributed by atoms with Gasteiger partial charge in [0.1, 0.15) is 0 Å². The highest BCUT2D eigenvalue weighted by Gasteiger charge is 2.18. The molecule has 0 aliphatic carbocycles. The first kappa shape index (κ1) is 21.7. The van der Waals surface area contributed by atoms with E-state index in [2.05, 4.69) is 5.32 Å². The fourth-order valence-electron chi connectivity index (χ4n) is 3.94. The van der Waals surface area contributed by atoms with E-state index in [1.54, 1.807) is 18.2 Å². The van der Waals surface area contributed by atoms with E-state index in [1.807, 2.05) is 54.3 Å². The number of amides is 2. The van der Waals surface area contributed by atoms with Crippen LogP contribution >= 0.6 is 0 Å². The molecule has 0 unspecified atom stereocenters. The lowest BCUT2D eigenvalue weighted by molar-refractivity contribution is -0.134. The summed E-state index contributed by atoms with van der Waals surface area (Å²) in [6.07, 6.45) is 3.24. The number of nitrogens with zero attached hydrogens (tertiary/aromatic N) is 1. The molecule has 3 aromatic carbocycles. The molecular formula is C26H28N2O4. The lowest BCUT2D eigenvalue weighted by atomic mass is 10.1. The zero-order valence-electron chi connectivity index (χ0n) is 18.3. The highest BCUT2D eigenvalue weighted by molar-refractivity contribution is 6.09. The van der Waals surface area contributed by atoms with Gasteiger partial charge in [-0.2, -0.15) is 0 Å². The number of piperidine rings is 1. The Morgan fingerprint density at radius 3 is 2.50 bits per heavy atom. The summed E-state index contributed by atoms with van der Waals surface area (Å²) < 4.78 is 11.5. The Hall–Kier alpha value is -3.54. The van der Waals surface area contributed by atoms with E-state index < -0.39 is 0 Å². The number of ether oxygens (including phenoxy) is 2. The first-order valence-electron chi connectivity index (χ1n) is 11.1. The van der Waals surface area contributed by atoms with E-state index in [9.17, 15) is 9.59 Å². The van der Waals surface area contributed by atoms with E-state index in [-0.39, 0.29) is 18.4 Å². The van der Waals surface area contributed by atoms with Crippen molar-refractivity contribution in [3.8, 4) is 11.5 Å². The molecule has 2 amide bonds. The predicted octanol–water partition coefficient (Wildman–Crippen LogP) is 4.88. The van der Waals surface area contributed by atoms with Crippen LogP contribution < -0.4 is 14.8 Å². The molecule has 6 nitrogen and oxygen atoms in total. The van der Waals surface area contributed by atoms with E-state index in [4.69, 9.17) is 9.47 Å². The molecule has 6 heteroatoms. The monoisotopic (exact) mass is 432 g/mol. The van der Waals surface area contributed by atoms with Crippen molar-refractivity contribution >= 4 is 28.3 Å². The lowest BCUT2D eigenvalue weighted by Gasteiger charge is -2.26. The molecule has 0 aromatic heterocycles. The number of hydrogen-bond acceptors (Lipinski definition) is 4. The summed E-state index contributed by atoms with van der Waals surface area (Å²) in [5, 5.41) is 5.02. The number of nitrogens with one attached hydrogen (secondary N) is 1. The zero-order chi connectivity index (χ0) is 22.3. The van der Waals surface area contributed by atoms with Gasteiger partial charge in [0.2, 0.25) is 0 Å². The number of rotatable bonds is 7. The summed E-state index contributed by atoms with van der Waals surface area (Å²) in [6.45, 7) is 3.82. The minimum Gasteiger partial charge on any atom is -0.490 e. The Kier molecular flexibility index (Phi) is 6.90. The molecule has 1 fully saturated rings. The fourth-order valence-corrected chi connectivity index (χ4v) is 3.94. The Bertz CT molecular complexity index is 1100. The fraction of sp³-hybridized carbons (Fsp3) is 0.308. The van der Waals surface area contributed by atoms with Crippen LogP contribution in [0.2, 0.25) is 0 Å². The summed E-state index contributed by atoms with van der Waals surface area (Å²) in [7, 11) is 0. The number of fused-ring (bicyclic) bond motifs is 1. The van der Waals surface area contributed by atoms with Gasteiger partial charge in [-0.15, -0.1) is 0 Å². The molecule has 0 spiro atoms. The van der Waals surface area contributed by atoms with Gasteiger partial charge in [0, 0.05) is 29.7 Å². The zero-order valence-corrected chi connectivity index (χ0v) is 18.3. The van der Waals surface area contributed by atoms with Gasteiger partial charge in [-0.25, -0.2) is 0 Å². The quantitative estimate of drug-likeness (QED) is 0.578. The van der Waals surface area contributed by atoms with Crippen LogP contribution in [0.3, 0.4) is 0 Å². The van der Waals surface area contributed by atoms with Crippen molar-refractivity contribution in [1.82, 2.24) is 4.90 Å². The SMILES string of the molecule is CCOc1cc(C(=O)Nc2cccc3ccccc23)ccc1OCC(=O)N1CCCCC1. The Labute approximate surface area is 188 Å². The smallest absolute Gasteiger partial charge is 0.260 e. The van der Waals surface area contributed by atoms with Crippen LogP contribution in [0.5, 0.6) is 11.5 Å². The van der Waals surface area contributed by atoms with Gasteiger partial charge in [0.25, 0.3) is 11.8 Å². The molecule has 166 valence electrons. The molecule has 1 N–H and O–H groups in total. The summed E-state index contributed by atoms with van der Waals surface area (Å²) >= 11 is 0. The predicted molar refractivity (Wildman–Crippen MR) is 125 cm³/mol. The molecule has 3 aromatic rings. The second kappa shape index (κ2) is 10.2. The molecular weight excluding hydrogens is 404 g/mol. The standard InChI is InChI=1S/C26H28N2O4/c1-2-31-24-17-20(13-14-23(24)32-18-25(29)28-15-6-3-7-16-28)26(30)27-22-12-8-10-19-9-4-5-11-21(19)22/h4-5,8-14,17H,2-3,6-7,15-16,18H2,1H3,(H,27,30). The summed E-state index contributed by atoms with van der Waals surface area (Å²) in [4.78, 5) is 27.2. The number of hydrogen-bond donors (Lipinski definition) is 1. The highest BCUT2D eigenvalue weighted by Crippen LogP contribution is 2.30. The van der Waals surface area contributed by atoms with Gasteiger partial charge in [-0.05, 0) is 55.8 Å². The third-order valence-corrected chi connectivity index (χ3v) is 5.60. The van der Waals surface area contributed by atoms with Crippen molar-refractivity contribution in [1.29, 1.82) is 0 Å². The highest BCUT2D eigenvalue weighted by atomic mass is 16.5. The van der Waals surface area contributed by atoms with Gasteiger partial charge in [0.05, 0.1) is 6.61 Å². The molecule has 0 saturated carbocycles. The normalized spacial score (nSPS) is 13.6. The van der Waals surface area contributed by atoms with Crippen LogP contribution in [0.4, 0.5) is 5.69 Å². The molecule has 0 atom stereocenters. The third kappa shape index (κ3) is 5.02. The van der Waals surface area contributed by atoms with Crippen molar-refractivity contribution in [2.24, 2.45) is 0 Å². The second-order valence-corrected chi connectivity index (χ2v) is 7.81. The number of benzene rings is 3. The van der Waals surface area contributed by atoms with Crippen LogP contribution in [0.15, 0.2) is 60.7 Å². The maximum atomic E-state index is 12.9. The van der Waals surface area contributed by atoms with Crippen LogP contribution in [0, 0.1) is 0 Å². The van der Waals surface area contributed by atoms with Crippen molar-refractivity contribution in [3.63, 3.8) is 0 Å². The van der Waals surface area contributed by atoms with E-state index in [0.717, 1.165) is 42.4 Å². The van der Waals surface area contributed by atoms with E-state index >= 15 is 0 Å². The lowest BCUT2D eigenvalue weighted by Crippen LogP contribution is -2.38. The number of likely N-dealkylation sites (tertiary alicyclic amines) is 1. The van der Waals surface area contributed by atoms with E-state index in [0.29, 0.717) is 23.7 Å². The topological polar surface area (TPSA) is 67.9 Å². The first-order valence-corrected chi connectivity index (χ1v) is 11.1. The molecule has 1 saturated heterocycles. The largest absolute Gasteiger partial charge is 0.490 e. The average molecular weight is 433 g/mol. The number of anilines is 1. The van der Waals surface area contributed by atoms with Gasteiger partial charge in [-0.1, -0.05) is 36.4 Å². The van der Waals surface area contributed by atoms with Crippen molar-refractivity contribution in [3.05, 3.63) is 66.2 Å². The molecule has 32 heavy (non-hydrogen) atoms. The van der Waals surface area contributed by atoms with Crippen LogP contribution in [-0.4, -0.2) is 43.0 Å². The van der Waals surface area contributed by atoms with Crippen LogP contribution in [0.1, 0.15) is 36.5 Å². The molecule has 0 radical (unpaired) electrons. The molecule has 0 bridgehead atoms. The Morgan fingerprint density at radius 1 is 0.906 bits per heavy atom. The third-order valence-electron chi connectivity index (χ3n) is 5.60. The number of carbonyl (C=O) groups excluding carboxylic acids is 2. The Balaban J connectivity index is 1.47. The molecule has 1 heterocycles. The van der Waals surface area contributed by atoms with Crippen molar-refractivity contribution in [2.75, 3.05) is 31.6 Å². The summed E-state index contributed by atoms with van der Waals surface area (Å²) in [5.41, 5.74) is 1.20. The Morgan fingerprint density at radius 2 is 1.69 bits per heavy atom. The maximum absolute atomic E-state index is 12.9. The molecule has 1 aliphatic heterocycles. The van der Waals surface area contributed by atoms with Gasteiger partial charge >= 0.3 is 0 Å². The number of carbonyl (C=O) groups is 2. The van der Waals surface area contributed by atoms with E-state index in [1.165, 1.54) is 6.42 Å². The summed E-state index contributed by atoms with van der Waals surface area (Å²) in [5.74, 6) is 0.645. The van der Waals surface area contributed by atoms with Crippen molar-refractivity contribution in [2.45, 2.75) is 26.2 Å². The van der Waals surface area contributed by atoms with Gasteiger partial charge in [-0.3, -0.25) is 9.59 Å².